The van der Waals surface area contributed by atoms with Crippen LogP contribution in [-0.4, -0.2) is 98.9 Å². The van der Waals surface area contributed by atoms with Crippen LogP contribution in [0, 0.1) is 0 Å². The van der Waals surface area contributed by atoms with Crippen molar-refractivity contribution < 1.29 is 58.3 Å². The zero-order chi connectivity index (χ0) is 49.8. The Kier molecular flexibility index (Phi) is 42.3. The lowest BCUT2D eigenvalue weighted by atomic mass is 9.85. The second-order valence-corrected chi connectivity index (χ2v) is 20.1. The lowest BCUT2D eigenvalue weighted by Gasteiger charge is -2.41. The summed E-state index contributed by atoms with van der Waals surface area (Å²) in [6.45, 7) is 4.15. The van der Waals surface area contributed by atoms with E-state index in [0.717, 1.165) is 83.5 Å². The monoisotopic (exact) mass is 983 g/mol. The number of unbranched alkanes of at least 4 members (excludes halogenated alkanes) is 24. The van der Waals surface area contributed by atoms with Gasteiger partial charge in [0.2, 0.25) is 0 Å². The van der Waals surface area contributed by atoms with E-state index >= 15 is 0 Å². The van der Waals surface area contributed by atoms with Gasteiger partial charge in [-0.3, -0.25) is 13.8 Å². The summed E-state index contributed by atoms with van der Waals surface area (Å²) < 4.78 is 34.3. The SMILES string of the molecule is CC/C=C\C/C=C\C/C=C\C/C=C\CCCCCCCCC(=O)OC(COCCCCCCCCCCCC/C=C\CCCCCCCCCC)COP(=O)(O)OC1C(O)C(O)C(O)C(O)C1O. The number of ether oxygens (including phenoxy) is 2. The molecule has 0 aromatic rings. The number of esters is 1. The Bertz CT molecular complexity index is 1350. The van der Waals surface area contributed by atoms with Gasteiger partial charge in [-0.05, 0) is 77.0 Å². The van der Waals surface area contributed by atoms with E-state index in [0.29, 0.717) is 13.0 Å². The maximum Gasteiger partial charge on any atom is 0.472 e. The number of hydrogen-bond acceptors (Lipinski definition) is 11. The molecule has 0 heterocycles. The van der Waals surface area contributed by atoms with Crippen molar-refractivity contribution in [2.75, 3.05) is 19.8 Å². The molecule has 6 N–H and O–H groups in total. The molecule has 12 nitrogen and oxygen atoms in total. The van der Waals surface area contributed by atoms with E-state index in [4.69, 9.17) is 18.5 Å². The molecule has 13 heteroatoms. The van der Waals surface area contributed by atoms with Crippen molar-refractivity contribution in [2.45, 2.75) is 262 Å². The molecule has 68 heavy (non-hydrogen) atoms. The molecule has 1 fully saturated rings. The minimum Gasteiger partial charge on any atom is -0.457 e. The van der Waals surface area contributed by atoms with Crippen LogP contribution in [0.2, 0.25) is 0 Å². The molecule has 1 rings (SSSR count). The van der Waals surface area contributed by atoms with Crippen LogP contribution in [0.3, 0.4) is 0 Å². The molecule has 396 valence electrons. The van der Waals surface area contributed by atoms with E-state index in [1.807, 2.05) is 0 Å². The molecule has 6 atom stereocenters. The van der Waals surface area contributed by atoms with E-state index < -0.39 is 63.1 Å². The molecule has 1 saturated carbocycles. The molecule has 0 radical (unpaired) electrons. The zero-order valence-electron chi connectivity index (χ0n) is 42.6. The lowest BCUT2D eigenvalue weighted by molar-refractivity contribution is -0.220. The molecule has 0 aromatic heterocycles. The highest BCUT2D eigenvalue weighted by molar-refractivity contribution is 7.47. The molecule has 0 saturated heterocycles. The third kappa shape index (κ3) is 36.0. The van der Waals surface area contributed by atoms with Crippen molar-refractivity contribution in [2.24, 2.45) is 0 Å². The van der Waals surface area contributed by atoms with Gasteiger partial charge in [-0.15, -0.1) is 0 Å². The fourth-order valence-electron chi connectivity index (χ4n) is 8.11. The standard InChI is InChI=1S/C55H99O12P/c1-3-5-7-9-11-13-15-17-19-21-23-24-25-27-29-31-33-35-37-39-41-43-45-64-46-48(47-65-68(62,63)67-55-53(60)51(58)50(57)52(59)54(55)61)66-49(56)44-42-40-38-36-34-32-30-28-26-22-20-18-16-14-12-10-8-6-4-2/h6,8,12,14,18,20-21,23,26,28,48,50-55,57-61H,3-5,7,9-11,13,15-17,19,22,24-25,27,29-47H2,1-2H3,(H,62,63)/b8-6-,14-12-,20-18-,23-21-,28-26-. The first-order valence-electron chi connectivity index (χ1n) is 27.1. The van der Waals surface area contributed by atoms with Crippen LogP contribution in [0.4, 0.5) is 0 Å². The van der Waals surface area contributed by atoms with Crippen molar-refractivity contribution in [1.82, 2.24) is 0 Å². The highest BCUT2D eigenvalue weighted by atomic mass is 31.2. The maximum atomic E-state index is 12.9. The summed E-state index contributed by atoms with van der Waals surface area (Å²) in [4.78, 5) is 23.3. The Labute approximate surface area is 413 Å². The van der Waals surface area contributed by atoms with Crippen molar-refractivity contribution >= 4 is 13.8 Å². The van der Waals surface area contributed by atoms with Crippen molar-refractivity contribution in [1.29, 1.82) is 0 Å². The van der Waals surface area contributed by atoms with Crippen LogP contribution >= 0.6 is 7.82 Å². The molecule has 0 bridgehead atoms. The van der Waals surface area contributed by atoms with Crippen LogP contribution in [-0.2, 0) is 27.9 Å². The number of rotatable bonds is 46. The Morgan fingerprint density at radius 3 is 1.34 bits per heavy atom. The largest absolute Gasteiger partial charge is 0.472 e. The molecule has 1 aliphatic rings. The summed E-state index contributed by atoms with van der Waals surface area (Å²) in [5, 5.41) is 50.4. The van der Waals surface area contributed by atoms with Crippen LogP contribution in [0.15, 0.2) is 60.8 Å². The summed E-state index contributed by atoms with van der Waals surface area (Å²) in [6, 6.07) is 0. The topological polar surface area (TPSA) is 192 Å². The Balaban J connectivity index is 2.32. The number of phosphoric acid groups is 1. The lowest BCUT2D eigenvalue weighted by Crippen LogP contribution is -2.64. The summed E-state index contributed by atoms with van der Waals surface area (Å²) in [5.74, 6) is -0.491. The van der Waals surface area contributed by atoms with Crippen molar-refractivity contribution in [3.05, 3.63) is 60.8 Å². The van der Waals surface area contributed by atoms with Gasteiger partial charge in [-0.25, -0.2) is 4.57 Å². The highest BCUT2D eigenvalue weighted by Gasteiger charge is 2.51. The molecular weight excluding hydrogens is 884 g/mol. The Morgan fingerprint density at radius 1 is 0.485 bits per heavy atom. The van der Waals surface area contributed by atoms with E-state index in [2.05, 4.69) is 74.6 Å². The van der Waals surface area contributed by atoms with Crippen LogP contribution < -0.4 is 0 Å². The minimum atomic E-state index is -5.03. The first-order valence-corrected chi connectivity index (χ1v) is 28.6. The molecule has 0 aromatic carbocycles. The van der Waals surface area contributed by atoms with E-state index in [9.17, 15) is 39.8 Å². The van der Waals surface area contributed by atoms with E-state index in [1.54, 1.807) is 0 Å². The maximum absolute atomic E-state index is 12.9. The van der Waals surface area contributed by atoms with Crippen LogP contribution in [0.5, 0.6) is 0 Å². The predicted octanol–water partition coefficient (Wildman–Crippen LogP) is 12.5. The highest BCUT2D eigenvalue weighted by Crippen LogP contribution is 2.47. The van der Waals surface area contributed by atoms with Gasteiger partial charge in [-0.2, -0.15) is 0 Å². The average molecular weight is 983 g/mol. The number of hydrogen-bond donors (Lipinski definition) is 6. The van der Waals surface area contributed by atoms with Gasteiger partial charge in [0.05, 0.1) is 13.2 Å². The molecule has 0 aliphatic heterocycles. The number of aliphatic hydroxyl groups excluding tert-OH is 5. The molecular formula is C55H99O12P. The van der Waals surface area contributed by atoms with Crippen molar-refractivity contribution in [3.63, 3.8) is 0 Å². The summed E-state index contributed by atoms with van der Waals surface area (Å²) in [6.07, 6.45) is 45.7. The van der Waals surface area contributed by atoms with E-state index in [-0.39, 0.29) is 13.0 Å². The van der Waals surface area contributed by atoms with E-state index in [1.165, 1.54) is 109 Å². The van der Waals surface area contributed by atoms with Crippen molar-refractivity contribution in [3.8, 4) is 0 Å². The Hall–Kier alpha value is -1.96. The average Bonchev–Trinajstić information content (AvgIpc) is 3.32. The fraction of sp³-hybridized carbons (Fsp3) is 0.800. The van der Waals surface area contributed by atoms with Gasteiger partial charge < -0.3 is 39.9 Å². The third-order valence-electron chi connectivity index (χ3n) is 12.4. The summed E-state index contributed by atoms with van der Waals surface area (Å²) >= 11 is 0. The smallest absolute Gasteiger partial charge is 0.457 e. The van der Waals surface area contributed by atoms with Crippen LogP contribution in [0.1, 0.15) is 219 Å². The van der Waals surface area contributed by atoms with Gasteiger partial charge in [0.25, 0.3) is 0 Å². The predicted molar refractivity (Wildman–Crippen MR) is 276 cm³/mol. The summed E-state index contributed by atoms with van der Waals surface area (Å²) in [5.41, 5.74) is 0. The van der Waals surface area contributed by atoms with Gasteiger partial charge >= 0.3 is 13.8 Å². The first kappa shape index (κ1) is 64.1. The quantitative estimate of drug-likeness (QED) is 0.0147. The molecule has 6 unspecified atom stereocenters. The van der Waals surface area contributed by atoms with Gasteiger partial charge in [0.15, 0.2) is 0 Å². The number of carbonyl (C=O) groups excluding carboxylic acids is 1. The zero-order valence-corrected chi connectivity index (χ0v) is 43.5. The summed E-state index contributed by atoms with van der Waals surface area (Å²) in [7, 11) is -5.03. The number of phosphoric ester groups is 1. The second-order valence-electron chi connectivity index (χ2n) is 18.7. The van der Waals surface area contributed by atoms with Gasteiger partial charge in [-0.1, -0.05) is 197 Å². The third-order valence-corrected chi connectivity index (χ3v) is 13.4. The molecule has 1 aliphatic carbocycles. The normalized spacial score (nSPS) is 21.6. The minimum absolute atomic E-state index is 0.0850. The second kappa shape index (κ2) is 44.9. The number of carbonyl (C=O) groups is 1. The molecule has 0 amide bonds. The Morgan fingerprint density at radius 2 is 0.868 bits per heavy atom. The number of aliphatic hydroxyl groups is 5. The first-order chi connectivity index (χ1) is 33.0. The van der Waals surface area contributed by atoms with Crippen LogP contribution in [0.25, 0.3) is 0 Å². The van der Waals surface area contributed by atoms with Gasteiger partial charge in [0, 0.05) is 13.0 Å². The fourth-order valence-corrected chi connectivity index (χ4v) is 9.08. The van der Waals surface area contributed by atoms with Gasteiger partial charge in [0.1, 0.15) is 42.7 Å². The number of allylic oxidation sites excluding steroid dienone is 10. The molecule has 0 spiro atoms.